The largest absolute Gasteiger partial charge is 0.403 e. The van der Waals surface area contributed by atoms with Gasteiger partial charge in [0.1, 0.15) is 23.2 Å². The number of allylic oxidation sites excluding steroid dienone is 1. The van der Waals surface area contributed by atoms with Gasteiger partial charge >= 0.3 is 0 Å². The second-order valence-corrected chi connectivity index (χ2v) is 7.06. The van der Waals surface area contributed by atoms with Crippen molar-refractivity contribution in [2.24, 2.45) is 10.7 Å². The Hall–Kier alpha value is -3.31. The third-order valence-electron chi connectivity index (χ3n) is 4.49. The van der Waals surface area contributed by atoms with Gasteiger partial charge in [-0.3, -0.25) is 9.79 Å². The standard InChI is InChI=1S/C20H22ClF2N7O2/c21-15-11-27-20(29-19(15)26-10-14-16(22)2-1-3-17(14)23)28-13(8-24)9-25-12-18(31)30-4-6-32-7-5-30/h1-3,8-9,11H,4-7,10,12,24H2,(H2,26,27,28,29)/b13-8+,25-9?. The lowest BCUT2D eigenvalue weighted by molar-refractivity contribution is -0.133. The summed E-state index contributed by atoms with van der Waals surface area (Å²) in [5, 5.41) is 5.79. The van der Waals surface area contributed by atoms with Gasteiger partial charge in [0.2, 0.25) is 11.9 Å². The van der Waals surface area contributed by atoms with E-state index in [0.717, 1.165) is 12.1 Å². The number of halogens is 3. The number of carbonyl (C=O) groups excluding carboxylic acids is 1. The number of aliphatic imine (C=N–C) groups is 1. The molecular weight excluding hydrogens is 444 g/mol. The average Bonchev–Trinajstić information content (AvgIpc) is 2.80. The number of anilines is 2. The summed E-state index contributed by atoms with van der Waals surface area (Å²) >= 11 is 6.09. The maximum atomic E-state index is 13.8. The molecule has 0 radical (unpaired) electrons. The van der Waals surface area contributed by atoms with Crippen LogP contribution in [0.4, 0.5) is 20.5 Å². The van der Waals surface area contributed by atoms with Crippen molar-refractivity contribution in [3.63, 3.8) is 0 Å². The van der Waals surface area contributed by atoms with E-state index in [-0.39, 0.29) is 41.3 Å². The molecule has 2 heterocycles. The van der Waals surface area contributed by atoms with Crippen LogP contribution in [0.15, 0.2) is 41.3 Å². The number of aromatic nitrogens is 2. The second-order valence-electron chi connectivity index (χ2n) is 6.65. The van der Waals surface area contributed by atoms with E-state index >= 15 is 0 Å². The van der Waals surface area contributed by atoms with Crippen LogP contribution in [0, 0.1) is 11.6 Å². The van der Waals surface area contributed by atoms with E-state index in [4.69, 9.17) is 22.1 Å². The van der Waals surface area contributed by atoms with Gasteiger partial charge in [0.25, 0.3) is 0 Å². The molecule has 1 fully saturated rings. The molecule has 0 unspecified atom stereocenters. The van der Waals surface area contributed by atoms with Gasteiger partial charge in [0.05, 0.1) is 25.1 Å². The summed E-state index contributed by atoms with van der Waals surface area (Å²) in [7, 11) is 0. The van der Waals surface area contributed by atoms with Crippen molar-refractivity contribution in [1.29, 1.82) is 0 Å². The number of ether oxygens (including phenoxy) is 1. The molecule has 0 aliphatic carbocycles. The van der Waals surface area contributed by atoms with Crippen molar-refractivity contribution in [2.45, 2.75) is 6.54 Å². The quantitative estimate of drug-likeness (QED) is 0.511. The Bertz CT molecular complexity index is 993. The van der Waals surface area contributed by atoms with Gasteiger partial charge in [-0.25, -0.2) is 13.8 Å². The van der Waals surface area contributed by atoms with Gasteiger partial charge < -0.3 is 26.0 Å². The Morgan fingerprint density at radius 2 is 2.03 bits per heavy atom. The van der Waals surface area contributed by atoms with Crippen molar-refractivity contribution >= 4 is 35.5 Å². The molecular formula is C20H22ClF2N7O2. The third kappa shape index (κ3) is 6.34. The van der Waals surface area contributed by atoms with E-state index in [1.54, 1.807) is 4.90 Å². The molecule has 4 N–H and O–H groups in total. The van der Waals surface area contributed by atoms with Crippen molar-refractivity contribution in [2.75, 3.05) is 43.5 Å². The highest BCUT2D eigenvalue weighted by atomic mass is 35.5. The highest BCUT2D eigenvalue weighted by Crippen LogP contribution is 2.22. The summed E-state index contributed by atoms with van der Waals surface area (Å²) < 4.78 is 32.9. The van der Waals surface area contributed by atoms with Gasteiger partial charge in [-0.1, -0.05) is 17.7 Å². The van der Waals surface area contributed by atoms with Gasteiger partial charge in [-0.2, -0.15) is 4.98 Å². The molecule has 32 heavy (non-hydrogen) atoms. The minimum absolute atomic E-state index is 0.0402. The normalized spacial score (nSPS) is 14.6. The van der Waals surface area contributed by atoms with Gasteiger partial charge in [-0.05, 0) is 12.1 Å². The van der Waals surface area contributed by atoms with Crippen LogP contribution in [0.2, 0.25) is 5.02 Å². The first-order chi connectivity index (χ1) is 15.5. The first-order valence-electron chi connectivity index (χ1n) is 9.71. The topological polar surface area (TPSA) is 118 Å². The number of carbonyl (C=O) groups is 1. The van der Waals surface area contributed by atoms with Crippen molar-refractivity contribution in [1.82, 2.24) is 14.9 Å². The minimum Gasteiger partial charge on any atom is -0.403 e. The van der Waals surface area contributed by atoms with Crippen LogP contribution in [0.25, 0.3) is 0 Å². The highest BCUT2D eigenvalue weighted by molar-refractivity contribution is 6.32. The van der Waals surface area contributed by atoms with Crippen molar-refractivity contribution in [3.8, 4) is 0 Å². The number of hydrogen-bond donors (Lipinski definition) is 3. The molecule has 0 bridgehead atoms. The fourth-order valence-corrected chi connectivity index (χ4v) is 2.96. The van der Waals surface area contributed by atoms with Crippen LogP contribution < -0.4 is 16.4 Å². The SMILES string of the molecule is N/C=C(\C=NCC(=O)N1CCOCC1)Nc1ncc(Cl)c(NCc2c(F)cccc2F)n1. The van der Waals surface area contributed by atoms with Crippen LogP contribution >= 0.6 is 11.6 Å². The number of morpholine rings is 1. The Kier molecular flexibility index (Phi) is 8.28. The van der Waals surface area contributed by atoms with Crippen LogP contribution in [0.5, 0.6) is 0 Å². The summed E-state index contributed by atoms with van der Waals surface area (Å²) in [5.41, 5.74) is 5.81. The molecule has 1 saturated heterocycles. The Labute approximate surface area is 188 Å². The zero-order chi connectivity index (χ0) is 22.9. The molecule has 1 amide bonds. The molecule has 1 aliphatic rings. The summed E-state index contributed by atoms with van der Waals surface area (Å²) in [6, 6.07) is 3.61. The highest BCUT2D eigenvalue weighted by Gasteiger charge is 2.16. The number of rotatable bonds is 8. The first kappa shape index (κ1) is 23.4. The molecule has 12 heteroatoms. The average molecular weight is 466 g/mol. The third-order valence-corrected chi connectivity index (χ3v) is 4.77. The maximum Gasteiger partial charge on any atom is 0.244 e. The molecule has 2 aromatic rings. The van der Waals surface area contributed by atoms with Crippen molar-refractivity contribution in [3.05, 3.63) is 58.5 Å². The summed E-state index contributed by atoms with van der Waals surface area (Å²) in [6.07, 6.45) is 3.95. The Morgan fingerprint density at radius 1 is 1.31 bits per heavy atom. The zero-order valence-electron chi connectivity index (χ0n) is 17.0. The molecule has 1 aliphatic heterocycles. The summed E-state index contributed by atoms with van der Waals surface area (Å²) in [5.74, 6) is -1.19. The van der Waals surface area contributed by atoms with Crippen LogP contribution in [0.1, 0.15) is 5.56 Å². The molecule has 0 saturated carbocycles. The van der Waals surface area contributed by atoms with Gasteiger partial charge in [-0.15, -0.1) is 0 Å². The van der Waals surface area contributed by atoms with Crippen LogP contribution in [-0.4, -0.2) is 59.8 Å². The number of nitrogens with one attached hydrogen (secondary N) is 2. The maximum absolute atomic E-state index is 13.8. The molecule has 0 spiro atoms. The molecule has 1 aromatic heterocycles. The fraction of sp³-hybridized carbons (Fsp3) is 0.300. The lowest BCUT2D eigenvalue weighted by Crippen LogP contribution is -2.41. The predicted octanol–water partition coefficient (Wildman–Crippen LogP) is 2.16. The second kappa shape index (κ2) is 11.3. The monoisotopic (exact) mass is 465 g/mol. The molecule has 9 nitrogen and oxygen atoms in total. The summed E-state index contributed by atoms with van der Waals surface area (Å²) in [4.78, 5) is 26.1. The predicted molar refractivity (Wildman–Crippen MR) is 117 cm³/mol. The van der Waals surface area contributed by atoms with E-state index < -0.39 is 11.6 Å². The number of nitrogens with zero attached hydrogens (tertiary/aromatic N) is 4. The van der Waals surface area contributed by atoms with Crippen molar-refractivity contribution < 1.29 is 18.3 Å². The van der Waals surface area contributed by atoms with Crippen LogP contribution in [0.3, 0.4) is 0 Å². The fourth-order valence-electron chi connectivity index (χ4n) is 2.81. The van der Waals surface area contributed by atoms with E-state index in [0.29, 0.717) is 32.0 Å². The number of nitrogens with two attached hydrogens (primary N) is 1. The molecule has 3 rings (SSSR count). The number of hydrogen-bond acceptors (Lipinski definition) is 8. The molecule has 1 aromatic carbocycles. The molecule has 170 valence electrons. The first-order valence-corrected chi connectivity index (χ1v) is 10.1. The Balaban J connectivity index is 1.60. The summed E-state index contributed by atoms with van der Waals surface area (Å²) in [6.45, 7) is 1.90. The minimum atomic E-state index is -0.683. The zero-order valence-corrected chi connectivity index (χ0v) is 17.8. The number of amides is 1. The van der Waals surface area contributed by atoms with E-state index in [1.165, 1.54) is 24.7 Å². The Morgan fingerprint density at radius 3 is 2.72 bits per heavy atom. The van der Waals surface area contributed by atoms with Crippen LogP contribution in [-0.2, 0) is 16.1 Å². The van der Waals surface area contributed by atoms with Gasteiger partial charge in [0, 0.05) is 37.6 Å². The smallest absolute Gasteiger partial charge is 0.244 e. The van der Waals surface area contributed by atoms with E-state index in [2.05, 4.69) is 25.6 Å². The van der Waals surface area contributed by atoms with E-state index in [9.17, 15) is 13.6 Å². The lowest BCUT2D eigenvalue weighted by atomic mass is 10.2. The van der Waals surface area contributed by atoms with Gasteiger partial charge in [0.15, 0.2) is 5.82 Å². The van der Waals surface area contributed by atoms with E-state index in [1.807, 2.05) is 0 Å². The molecule has 0 atom stereocenters. The lowest BCUT2D eigenvalue weighted by Gasteiger charge is -2.26. The number of benzene rings is 1.